The van der Waals surface area contributed by atoms with Gasteiger partial charge in [-0.3, -0.25) is 43.2 Å². The number of cyclic esters (lactones) is 1. The number of hydrogen-bond acceptors (Lipinski definition) is 17. The van der Waals surface area contributed by atoms with Gasteiger partial charge < -0.3 is 76.5 Å². The van der Waals surface area contributed by atoms with E-state index in [0.717, 1.165) is 37.1 Å². The summed E-state index contributed by atoms with van der Waals surface area (Å²) in [4.78, 5) is 143. The quantitative estimate of drug-likeness (QED) is 0.0822. The fraction of sp³-hybridized carbons (Fsp3) is 0.472. The summed E-state index contributed by atoms with van der Waals surface area (Å²) in [6.45, 7) is 5.98. The number of carbonyl (C=O) groups is 10. The van der Waals surface area contributed by atoms with E-state index in [-0.39, 0.29) is 29.2 Å². The van der Waals surface area contributed by atoms with Gasteiger partial charge in [0.1, 0.15) is 73.0 Å². The number of nitrogens with zero attached hydrogens (tertiary/aromatic N) is 2. The molecule has 27 heteroatoms. The molecule has 1 fully saturated rings. The molecule has 26 nitrogen and oxygen atoms in total. The number of halogens is 1. The van der Waals surface area contributed by atoms with E-state index in [2.05, 4.69) is 37.2 Å². The zero-order chi connectivity index (χ0) is 59.2. The fourth-order valence-corrected chi connectivity index (χ4v) is 8.57. The number of likely N-dealkylation sites (N-methyl/N-ethyl adjacent to an activating group) is 1. The van der Waals surface area contributed by atoms with Gasteiger partial charge in [-0.1, -0.05) is 74.3 Å². The van der Waals surface area contributed by atoms with E-state index in [4.69, 9.17) is 30.5 Å². The number of esters is 2. The van der Waals surface area contributed by atoms with Crippen LogP contribution in [0.15, 0.2) is 79.0 Å². The molecule has 3 aliphatic heterocycles. The first-order chi connectivity index (χ1) is 37.8. The van der Waals surface area contributed by atoms with Crippen molar-refractivity contribution < 1.29 is 82.3 Å². The van der Waals surface area contributed by atoms with Crippen LogP contribution in [0.3, 0.4) is 0 Å². The summed E-state index contributed by atoms with van der Waals surface area (Å²) in [5.74, 6) is -11.5. The second-order valence-electron chi connectivity index (χ2n) is 19.4. The van der Waals surface area contributed by atoms with Crippen molar-refractivity contribution in [2.45, 2.75) is 121 Å². The van der Waals surface area contributed by atoms with E-state index in [1.165, 1.54) is 58.3 Å². The molecular weight excluding hydrogens is 1070 g/mol. The van der Waals surface area contributed by atoms with Gasteiger partial charge in [0.05, 0.1) is 17.7 Å². The molecule has 80 heavy (non-hydrogen) atoms. The molecule has 12 unspecified atom stereocenters. The lowest BCUT2D eigenvalue weighted by Gasteiger charge is -2.34. The van der Waals surface area contributed by atoms with Gasteiger partial charge in [0.2, 0.25) is 41.4 Å². The maximum Gasteiger partial charge on any atom is 0.332 e. The summed E-state index contributed by atoms with van der Waals surface area (Å²) in [5.41, 5.74) is -1.79. The van der Waals surface area contributed by atoms with Gasteiger partial charge in [0.15, 0.2) is 11.7 Å². The Bertz CT molecular complexity index is 2760. The Morgan fingerprint density at radius 1 is 0.875 bits per heavy atom. The Balaban J connectivity index is 1.72. The Hall–Kier alpha value is -8.07. The zero-order valence-electron chi connectivity index (χ0n) is 45.2. The largest absolute Gasteiger partial charge is 0.487 e. The number of aliphatic hydroxyl groups is 2. The highest BCUT2D eigenvalue weighted by atomic mass is 35.5. The maximum atomic E-state index is 15.2. The van der Waals surface area contributed by atoms with Crippen LogP contribution >= 0.6 is 11.6 Å². The van der Waals surface area contributed by atoms with Crippen molar-refractivity contribution in [3.63, 3.8) is 0 Å². The van der Waals surface area contributed by atoms with Crippen LogP contribution in [0, 0.1) is 5.92 Å². The number of aromatic nitrogens is 1. The molecule has 3 aromatic rings. The molecule has 10 N–H and O–H groups in total. The third-order valence-corrected chi connectivity index (χ3v) is 13.8. The summed E-state index contributed by atoms with van der Waals surface area (Å²) in [5, 5.41) is 49.8. The molecule has 1 aromatic heterocycles. The molecule has 6 rings (SSSR count). The first kappa shape index (κ1) is 62.8. The minimum Gasteiger partial charge on any atom is -0.487 e. The lowest BCUT2D eigenvalue weighted by molar-refractivity contribution is -0.160. The molecule has 4 bridgehead atoms. The van der Waals surface area contributed by atoms with Crippen molar-refractivity contribution >= 4 is 70.8 Å². The highest BCUT2D eigenvalue weighted by Crippen LogP contribution is 2.26. The van der Waals surface area contributed by atoms with Crippen molar-refractivity contribution in [2.24, 2.45) is 5.92 Å². The normalized spacial score (nSPS) is 26.7. The van der Waals surface area contributed by atoms with Crippen LogP contribution in [0.2, 0.25) is 5.02 Å². The summed E-state index contributed by atoms with van der Waals surface area (Å²) < 4.78 is 22.8. The standard InChI is InChI=1S/C53H68ClN9O17/c1-9-27(2)40-47(69)61-43-33-15-17-34(18-16-33)80-31(6)53(75,26-77-8)21-19-38(65)55-24-39(66)78-25-36(57-48(70)41(29(4)64)59-46(68)37(62(7)51(43)73)23-32-13-11-10-12-14-32)52(74)79-30(5)42(49(71)58-40)60-45(67)28(3)56-50(72)44-35(54)20-22-63(44)76/h10-22,27-31,36-37,40-43,64,75-76H,9,23-26H2,1-8H3,(H,55,65)(H,56,72)(H,57,70)(H,58,71)(H,59,68)(H,60,67)(H,61,69)/b21-19+. The summed E-state index contributed by atoms with van der Waals surface area (Å²) >= 11 is 6.07. The third-order valence-electron chi connectivity index (χ3n) is 13.5. The second-order valence-corrected chi connectivity index (χ2v) is 19.8. The SMILES string of the molecule is CCC(C)C1NC(=O)C(NC(=O)C(C)NC(=O)c2c(Cl)ccn2O)C(C)OC(=O)C2COC(=O)CNC(=O)/C=C/C(O)(COC)C(C)Oc3ccc(cc3)C(NC1=O)C(=O)N(C)C(Cc1ccccc1)C(=O)NC(C(C)O)C(=O)N2. The molecule has 0 radical (unpaired) electrons. The van der Waals surface area contributed by atoms with Crippen molar-refractivity contribution in [2.75, 3.05) is 33.9 Å². The van der Waals surface area contributed by atoms with Gasteiger partial charge in [-0.05, 0) is 69.0 Å². The predicted octanol–water partition coefficient (Wildman–Crippen LogP) is -0.890. The number of ether oxygens (including phenoxy) is 4. The van der Waals surface area contributed by atoms with E-state index < -0.39 is 157 Å². The number of aliphatic hydroxyl groups excluding tert-OH is 1. The first-order valence-corrected chi connectivity index (χ1v) is 25.8. The molecule has 0 spiro atoms. The Labute approximate surface area is 465 Å². The van der Waals surface area contributed by atoms with E-state index in [0.29, 0.717) is 10.3 Å². The molecule has 1 saturated heterocycles. The number of carbonyl (C=O) groups excluding carboxylic acids is 10. The number of amides is 8. The fourth-order valence-electron chi connectivity index (χ4n) is 8.34. The zero-order valence-corrected chi connectivity index (χ0v) is 46.0. The van der Waals surface area contributed by atoms with Crippen molar-refractivity contribution in [3.8, 4) is 5.75 Å². The number of hydrogen-bond donors (Lipinski definition) is 10. The third kappa shape index (κ3) is 16.3. The Morgan fingerprint density at radius 3 is 2.14 bits per heavy atom. The number of rotatable bonds is 11. The summed E-state index contributed by atoms with van der Waals surface area (Å²) in [6, 6.07) is 3.13. The highest BCUT2D eigenvalue weighted by Gasteiger charge is 2.42. The average Bonchev–Trinajstić information content (AvgIpc) is 3.77. The number of fused-ring (bicyclic) bond motifs is 11. The average molecular weight is 1140 g/mol. The summed E-state index contributed by atoms with van der Waals surface area (Å²) in [7, 11) is 2.57. The maximum absolute atomic E-state index is 15.2. The molecule has 434 valence electrons. The second kappa shape index (κ2) is 28.2. The van der Waals surface area contributed by atoms with E-state index >= 15 is 4.79 Å². The molecule has 2 aromatic carbocycles. The van der Waals surface area contributed by atoms with Crippen LogP contribution in [0.25, 0.3) is 0 Å². The van der Waals surface area contributed by atoms with Gasteiger partial charge in [-0.15, -0.1) is 0 Å². The number of nitrogens with one attached hydrogen (secondary N) is 7. The first-order valence-electron chi connectivity index (χ1n) is 25.5. The monoisotopic (exact) mass is 1140 g/mol. The van der Waals surface area contributed by atoms with Crippen molar-refractivity contribution in [3.05, 3.63) is 101 Å². The minimum absolute atomic E-state index is 0.101. The Morgan fingerprint density at radius 2 is 1.52 bits per heavy atom. The molecule has 0 saturated carbocycles. The van der Waals surface area contributed by atoms with Crippen LogP contribution in [0.1, 0.15) is 75.6 Å². The topological polar surface area (TPSA) is 361 Å². The van der Waals surface area contributed by atoms with Gasteiger partial charge in [0, 0.05) is 32.9 Å². The van der Waals surface area contributed by atoms with Crippen molar-refractivity contribution in [1.29, 1.82) is 0 Å². The molecule has 12 atom stereocenters. The molecule has 8 amide bonds. The van der Waals surface area contributed by atoms with Gasteiger partial charge in [0.25, 0.3) is 5.91 Å². The molecular formula is C53H68ClN9O17. The summed E-state index contributed by atoms with van der Waals surface area (Å²) in [6.07, 6.45) is -1.57. The van der Waals surface area contributed by atoms with E-state index in [1.807, 2.05) is 0 Å². The minimum atomic E-state index is -2.04. The van der Waals surface area contributed by atoms with Crippen LogP contribution in [0.5, 0.6) is 5.75 Å². The van der Waals surface area contributed by atoms with Crippen molar-refractivity contribution in [1.82, 2.24) is 46.8 Å². The number of methoxy groups -OCH3 is 1. The number of benzene rings is 2. The predicted molar refractivity (Wildman–Crippen MR) is 282 cm³/mol. The van der Waals surface area contributed by atoms with Crippen LogP contribution in [-0.4, -0.2) is 178 Å². The van der Waals surface area contributed by atoms with E-state index in [1.54, 1.807) is 44.2 Å². The van der Waals surface area contributed by atoms with E-state index in [9.17, 15) is 58.6 Å². The molecule has 3 aliphatic rings. The molecule has 0 aliphatic carbocycles. The van der Waals surface area contributed by atoms with Crippen LogP contribution < -0.4 is 42.0 Å². The molecule has 4 heterocycles. The van der Waals surface area contributed by atoms with Crippen LogP contribution in [0.4, 0.5) is 0 Å². The van der Waals surface area contributed by atoms with Gasteiger partial charge in [-0.25, -0.2) is 4.79 Å². The highest BCUT2D eigenvalue weighted by molar-refractivity contribution is 6.33. The van der Waals surface area contributed by atoms with Gasteiger partial charge in [-0.2, -0.15) is 4.73 Å². The Kier molecular flexibility index (Phi) is 22.1. The lowest BCUT2D eigenvalue weighted by Crippen LogP contribution is -2.62. The van der Waals surface area contributed by atoms with Gasteiger partial charge >= 0.3 is 11.9 Å². The van der Waals surface area contributed by atoms with Crippen LogP contribution in [-0.2, 0) is 63.8 Å². The smallest absolute Gasteiger partial charge is 0.332 e. The lowest BCUT2D eigenvalue weighted by atomic mass is 9.95.